The third-order valence-corrected chi connectivity index (χ3v) is 4.33. The van der Waals surface area contributed by atoms with E-state index in [9.17, 15) is 4.79 Å². The largest absolute Gasteiger partial charge is 0.381 e. The van der Waals surface area contributed by atoms with Crippen molar-refractivity contribution in [1.29, 1.82) is 0 Å². The molecule has 0 amide bonds. The number of ketones is 1. The van der Waals surface area contributed by atoms with Crippen molar-refractivity contribution in [2.75, 3.05) is 19.8 Å². The molecular formula is C18H29NO4. The van der Waals surface area contributed by atoms with Crippen molar-refractivity contribution in [1.82, 2.24) is 5.16 Å². The van der Waals surface area contributed by atoms with Gasteiger partial charge >= 0.3 is 0 Å². The van der Waals surface area contributed by atoms with E-state index in [1.165, 1.54) is 0 Å². The maximum atomic E-state index is 12.5. The van der Waals surface area contributed by atoms with Crippen molar-refractivity contribution in [3.05, 3.63) is 17.5 Å². The number of Topliss-reactive ketones (excluding diaryl/α,β-unsaturated/α-hetero) is 1. The molecule has 5 heteroatoms. The molecule has 0 N–H and O–H groups in total. The minimum Gasteiger partial charge on any atom is -0.381 e. The smallest absolute Gasteiger partial charge is 0.170 e. The van der Waals surface area contributed by atoms with Crippen LogP contribution >= 0.6 is 0 Å². The van der Waals surface area contributed by atoms with E-state index >= 15 is 0 Å². The van der Waals surface area contributed by atoms with Gasteiger partial charge in [-0.25, -0.2) is 0 Å². The van der Waals surface area contributed by atoms with E-state index in [1.807, 2.05) is 19.9 Å². The molecule has 0 atom stereocenters. The third-order valence-electron chi connectivity index (χ3n) is 4.33. The number of hydrogen-bond acceptors (Lipinski definition) is 5. The van der Waals surface area contributed by atoms with Crippen LogP contribution in [0.25, 0.3) is 0 Å². The maximum Gasteiger partial charge on any atom is 0.170 e. The van der Waals surface area contributed by atoms with Gasteiger partial charge in [-0.15, -0.1) is 0 Å². The van der Waals surface area contributed by atoms with Crippen LogP contribution in [0.1, 0.15) is 58.9 Å². The number of carbonyl (C=O) groups excluding carboxylic acids is 1. The van der Waals surface area contributed by atoms with E-state index in [4.69, 9.17) is 14.0 Å². The molecule has 0 bridgehead atoms. The van der Waals surface area contributed by atoms with Crippen LogP contribution in [0.2, 0.25) is 0 Å². The maximum absolute atomic E-state index is 12.5. The molecule has 0 unspecified atom stereocenters. The van der Waals surface area contributed by atoms with Gasteiger partial charge < -0.3 is 14.0 Å². The first-order valence-corrected chi connectivity index (χ1v) is 8.39. The Morgan fingerprint density at radius 2 is 1.91 bits per heavy atom. The Hall–Kier alpha value is -1.20. The zero-order valence-electron chi connectivity index (χ0n) is 15.0. The summed E-state index contributed by atoms with van der Waals surface area (Å²) in [6, 6.07) is 1.87. The van der Waals surface area contributed by atoms with Crippen molar-refractivity contribution in [3.8, 4) is 0 Å². The molecule has 1 aliphatic heterocycles. The predicted molar refractivity (Wildman–Crippen MR) is 87.5 cm³/mol. The van der Waals surface area contributed by atoms with Gasteiger partial charge in [0.2, 0.25) is 0 Å². The standard InChI is InChI=1S/C18H29NO4/c1-17(2,3)16-11-14(19-23-16)10-15(20)18(4,5)22-12-13-6-8-21-9-7-13/h11,13H,6-10,12H2,1-5H3. The van der Waals surface area contributed by atoms with Gasteiger partial charge in [-0.3, -0.25) is 4.79 Å². The molecule has 2 heterocycles. The van der Waals surface area contributed by atoms with Gasteiger partial charge in [0, 0.05) is 24.7 Å². The lowest BCUT2D eigenvalue weighted by molar-refractivity contribution is -0.142. The quantitative estimate of drug-likeness (QED) is 0.804. The number of carbonyl (C=O) groups is 1. The minimum atomic E-state index is -0.806. The van der Waals surface area contributed by atoms with Crippen molar-refractivity contribution in [2.24, 2.45) is 5.92 Å². The van der Waals surface area contributed by atoms with Crippen LogP contribution in [-0.2, 0) is 26.1 Å². The molecule has 0 saturated carbocycles. The monoisotopic (exact) mass is 323 g/mol. The molecule has 5 nitrogen and oxygen atoms in total. The van der Waals surface area contributed by atoms with E-state index in [0.717, 1.165) is 31.8 Å². The van der Waals surface area contributed by atoms with Crippen molar-refractivity contribution in [2.45, 2.75) is 64.9 Å². The summed E-state index contributed by atoms with van der Waals surface area (Å²) >= 11 is 0. The third kappa shape index (κ3) is 5.15. The van der Waals surface area contributed by atoms with E-state index in [1.54, 1.807) is 0 Å². The van der Waals surface area contributed by atoms with Crippen LogP contribution in [0.5, 0.6) is 0 Å². The average molecular weight is 323 g/mol. The molecule has 1 aliphatic rings. The molecule has 1 aromatic rings. The highest BCUT2D eigenvalue weighted by Crippen LogP contribution is 2.24. The number of aromatic nitrogens is 1. The summed E-state index contributed by atoms with van der Waals surface area (Å²) < 4.78 is 16.6. The lowest BCUT2D eigenvalue weighted by atomic mass is 9.92. The highest BCUT2D eigenvalue weighted by Gasteiger charge is 2.31. The normalized spacial score (nSPS) is 17.4. The first-order chi connectivity index (χ1) is 10.7. The number of nitrogens with zero attached hydrogens (tertiary/aromatic N) is 1. The predicted octanol–water partition coefficient (Wildman–Crippen LogP) is 3.31. The number of rotatable bonds is 6. The summed E-state index contributed by atoms with van der Waals surface area (Å²) in [7, 11) is 0. The van der Waals surface area contributed by atoms with E-state index in [2.05, 4.69) is 25.9 Å². The minimum absolute atomic E-state index is 0.0262. The highest BCUT2D eigenvalue weighted by molar-refractivity contribution is 5.88. The number of ether oxygens (including phenoxy) is 2. The molecule has 1 saturated heterocycles. The van der Waals surface area contributed by atoms with Crippen LogP contribution < -0.4 is 0 Å². The van der Waals surface area contributed by atoms with Crippen LogP contribution in [0.15, 0.2) is 10.6 Å². The fraction of sp³-hybridized carbons (Fsp3) is 0.778. The van der Waals surface area contributed by atoms with Crippen LogP contribution in [-0.4, -0.2) is 36.4 Å². The summed E-state index contributed by atoms with van der Waals surface area (Å²) in [5.41, 5.74) is -0.245. The first-order valence-electron chi connectivity index (χ1n) is 8.39. The van der Waals surface area contributed by atoms with Gasteiger partial charge in [0.15, 0.2) is 5.78 Å². The molecule has 2 rings (SSSR count). The molecule has 23 heavy (non-hydrogen) atoms. The van der Waals surface area contributed by atoms with E-state index in [0.29, 0.717) is 18.2 Å². The van der Waals surface area contributed by atoms with Gasteiger partial charge in [-0.05, 0) is 32.6 Å². The van der Waals surface area contributed by atoms with Crippen molar-refractivity contribution in [3.63, 3.8) is 0 Å². The average Bonchev–Trinajstić information content (AvgIpc) is 2.95. The zero-order valence-corrected chi connectivity index (χ0v) is 15.0. The van der Waals surface area contributed by atoms with E-state index in [-0.39, 0.29) is 17.6 Å². The Morgan fingerprint density at radius 3 is 2.48 bits per heavy atom. The van der Waals surface area contributed by atoms with Gasteiger partial charge in [0.1, 0.15) is 11.4 Å². The molecule has 1 fully saturated rings. The topological polar surface area (TPSA) is 61.6 Å². The van der Waals surface area contributed by atoms with Crippen LogP contribution in [0.3, 0.4) is 0 Å². The summed E-state index contributed by atoms with van der Waals surface area (Å²) in [6.07, 6.45) is 2.24. The molecule has 0 spiro atoms. The van der Waals surface area contributed by atoms with Crippen molar-refractivity contribution < 1.29 is 18.8 Å². The van der Waals surface area contributed by atoms with Crippen LogP contribution in [0.4, 0.5) is 0 Å². The summed E-state index contributed by atoms with van der Waals surface area (Å²) in [6.45, 7) is 12.0. The lowest BCUT2D eigenvalue weighted by Crippen LogP contribution is -2.38. The van der Waals surface area contributed by atoms with Gasteiger partial charge in [-0.2, -0.15) is 0 Å². The molecular weight excluding hydrogens is 294 g/mol. The highest BCUT2D eigenvalue weighted by atomic mass is 16.5. The Morgan fingerprint density at radius 1 is 1.26 bits per heavy atom. The summed E-state index contributed by atoms with van der Waals surface area (Å²) in [5, 5.41) is 4.02. The fourth-order valence-electron chi connectivity index (χ4n) is 2.45. The second-order valence-electron chi connectivity index (χ2n) is 7.91. The number of hydrogen-bond donors (Lipinski definition) is 0. The molecule has 0 aromatic carbocycles. The molecule has 130 valence electrons. The second-order valence-corrected chi connectivity index (χ2v) is 7.91. The van der Waals surface area contributed by atoms with E-state index < -0.39 is 5.60 Å². The Kier molecular flexibility index (Phi) is 5.63. The second kappa shape index (κ2) is 7.14. The Labute approximate surface area is 138 Å². The fourth-order valence-corrected chi connectivity index (χ4v) is 2.45. The Bertz CT molecular complexity index is 521. The molecule has 1 aromatic heterocycles. The van der Waals surface area contributed by atoms with Gasteiger partial charge in [0.05, 0.1) is 18.7 Å². The van der Waals surface area contributed by atoms with Crippen LogP contribution in [0, 0.1) is 5.92 Å². The summed E-state index contributed by atoms with van der Waals surface area (Å²) in [5.74, 6) is 1.30. The lowest BCUT2D eigenvalue weighted by Gasteiger charge is -2.28. The Balaban J connectivity index is 1.88. The van der Waals surface area contributed by atoms with Crippen molar-refractivity contribution >= 4 is 5.78 Å². The van der Waals surface area contributed by atoms with Gasteiger partial charge in [0.25, 0.3) is 0 Å². The summed E-state index contributed by atoms with van der Waals surface area (Å²) in [4.78, 5) is 12.5. The molecule has 0 radical (unpaired) electrons. The SMILES string of the molecule is CC(C)(OCC1CCOCC1)C(=O)Cc1cc(C(C)(C)C)on1. The molecule has 0 aliphatic carbocycles. The van der Waals surface area contributed by atoms with Gasteiger partial charge in [-0.1, -0.05) is 25.9 Å². The zero-order chi connectivity index (χ0) is 17.1. The first kappa shape index (κ1) is 18.1.